The van der Waals surface area contributed by atoms with E-state index in [4.69, 9.17) is 4.84 Å². The lowest BCUT2D eigenvalue weighted by atomic mass is 9.47. The fourth-order valence-corrected chi connectivity index (χ4v) is 7.27. The SMILES string of the molecule is CC12CCC3C(CCC4=CC(=NOC5CCNC5)CCC43C)C1CCC2=O. The third-order valence-electron chi connectivity index (χ3n) is 9.02. The number of nitrogens with zero attached hydrogens (tertiary/aromatic N) is 1. The smallest absolute Gasteiger partial charge is 0.141 e. The Hall–Kier alpha value is -1.16. The van der Waals surface area contributed by atoms with Gasteiger partial charge in [0.1, 0.15) is 11.9 Å². The molecule has 148 valence electrons. The van der Waals surface area contributed by atoms with Crippen molar-refractivity contribution in [1.29, 1.82) is 0 Å². The van der Waals surface area contributed by atoms with Crippen molar-refractivity contribution in [3.63, 3.8) is 0 Å². The predicted molar refractivity (Wildman–Crippen MR) is 107 cm³/mol. The van der Waals surface area contributed by atoms with Gasteiger partial charge in [0, 0.05) is 24.8 Å². The van der Waals surface area contributed by atoms with Crippen molar-refractivity contribution >= 4 is 11.5 Å². The molecule has 1 aliphatic heterocycles. The highest BCUT2D eigenvalue weighted by Gasteiger charge is 2.58. The van der Waals surface area contributed by atoms with Crippen molar-refractivity contribution in [2.24, 2.45) is 33.7 Å². The Balaban J connectivity index is 1.36. The third kappa shape index (κ3) is 2.73. The fourth-order valence-electron chi connectivity index (χ4n) is 7.27. The zero-order valence-electron chi connectivity index (χ0n) is 16.9. The minimum atomic E-state index is -0.0107. The van der Waals surface area contributed by atoms with E-state index in [2.05, 4.69) is 30.4 Å². The van der Waals surface area contributed by atoms with Gasteiger partial charge in [-0.1, -0.05) is 24.6 Å². The first-order valence-corrected chi connectivity index (χ1v) is 11.2. The van der Waals surface area contributed by atoms with Gasteiger partial charge >= 0.3 is 0 Å². The number of Topliss-reactive ketones (excluding diaryl/α,β-unsaturated/α-hetero) is 1. The molecule has 0 spiro atoms. The van der Waals surface area contributed by atoms with Crippen LogP contribution in [0, 0.1) is 28.6 Å². The maximum absolute atomic E-state index is 12.5. The van der Waals surface area contributed by atoms with Crippen LogP contribution in [0.2, 0.25) is 0 Å². The molecule has 0 amide bonds. The van der Waals surface area contributed by atoms with Crippen molar-refractivity contribution in [2.75, 3.05) is 13.1 Å². The highest BCUT2D eigenvalue weighted by Crippen LogP contribution is 2.64. The first kappa shape index (κ1) is 17.9. The highest BCUT2D eigenvalue weighted by molar-refractivity contribution is 5.96. The molecule has 0 aromatic rings. The Kier molecular flexibility index (Phi) is 4.27. The molecule has 4 nitrogen and oxygen atoms in total. The van der Waals surface area contributed by atoms with Gasteiger partial charge in [-0.3, -0.25) is 4.79 Å². The Morgan fingerprint density at radius 3 is 2.70 bits per heavy atom. The molecule has 5 rings (SSSR count). The number of oxime groups is 1. The average Bonchev–Trinajstić information content (AvgIpc) is 3.28. The van der Waals surface area contributed by atoms with E-state index in [-0.39, 0.29) is 11.5 Å². The molecule has 27 heavy (non-hydrogen) atoms. The molecule has 0 aromatic heterocycles. The number of hydrogen-bond donors (Lipinski definition) is 1. The summed E-state index contributed by atoms with van der Waals surface area (Å²) in [5.41, 5.74) is 3.05. The Labute approximate surface area is 163 Å². The first-order chi connectivity index (χ1) is 13.0. The lowest BCUT2D eigenvalue weighted by molar-refractivity contribution is -0.132. The second-order valence-electron chi connectivity index (χ2n) is 10.2. The number of carbonyl (C=O) groups excluding carboxylic acids is 1. The topological polar surface area (TPSA) is 50.7 Å². The van der Waals surface area contributed by atoms with Gasteiger partial charge in [-0.05, 0) is 80.7 Å². The minimum Gasteiger partial charge on any atom is -0.391 e. The number of hydrogen-bond acceptors (Lipinski definition) is 4. The van der Waals surface area contributed by atoms with Crippen LogP contribution in [0.25, 0.3) is 0 Å². The van der Waals surface area contributed by atoms with E-state index < -0.39 is 0 Å². The molecule has 0 bridgehead atoms. The van der Waals surface area contributed by atoms with Gasteiger partial charge in [-0.2, -0.15) is 0 Å². The van der Waals surface area contributed by atoms with Gasteiger partial charge in [0.15, 0.2) is 0 Å². The number of fused-ring (bicyclic) bond motifs is 5. The van der Waals surface area contributed by atoms with Crippen LogP contribution in [0.1, 0.15) is 71.6 Å². The molecular weight excluding hydrogens is 336 g/mol. The van der Waals surface area contributed by atoms with E-state index in [9.17, 15) is 4.79 Å². The molecule has 6 unspecified atom stereocenters. The lowest BCUT2D eigenvalue weighted by Gasteiger charge is -2.57. The molecule has 4 aliphatic carbocycles. The largest absolute Gasteiger partial charge is 0.391 e. The summed E-state index contributed by atoms with van der Waals surface area (Å²) in [6.45, 7) is 6.75. The van der Waals surface area contributed by atoms with Crippen LogP contribution in [0.5, 0.6) is 0 Å². The maximum Gasteiger partial charge on any atom is 0.141 e. The summed E-state index contributed by atoms with van der Waals surface area (Å²) < 4.78 is 0. The van der Waals surface area contributed by atoms with Gasteiger partial charge in [0.25, 0.3) is 0 Å². The maximum atomic E-state index is 12.5. The fraction of sp³-hybridized carbons (Fsp3) is 0.826. The Morgan fingerprint density at radius 2 is 1.89 bits per heavy atom. The van der Waals surface area contributed by atoms with Crippen LogP contribution in [0.4, 0.5) is 0 Å². The first-order valence-electron chi connectivity index (χ1n) is 11.2. The molecular formula is C23H34N2O2. The number of ketones is 1. The summed E-state index contributed by atoms with van der Waals surface area (Å²) in [6, 6.07) is 0. The van der Waals surface area contributed by atoms with Gasteiger partial charge in [-0.15, -0.1) is 0 Å². The highest BCUT2D eigenvalue weighted by atomic mass is 16.6. The van der Waals surface area contributed by atoms with E-state index in [1.807, 2.05) is 0 Å². The summed E-state index contributed by atoms with van der Waals surface area (Å²) in [6.07, 6.45) is 12.7. The zero-order valence-corrected chi connectivity index (χ0v) is 16.9. The minimum absolute atomic E-state index is 0.0107. The number of allylic oxidation sites excluding steroid dienone is 2. The van der Waals surface area contributed by atoms with Crippen LogP contribution in [-0.2, 0) is 9.63 Å². The molecule has 4 heteroatoms. The van der Waals surface area contributed by atoms with Crippen molar-refractivity contribution in [2.45, 2.75) is 77.7 Å². The van der Waals surface area contributed by atoms with Crippen LogP contribution in [0.3, 0.4) is 0 Å². The third-order valence-corrected chi connectivity index (χ3v) is 9.02. The van der Waals surface area contributed by atoms with E-state index in [0.29, 0.717) is 17.1 Å². The van der Waals surface area contributed by atoms with E-state index >= 15 is 0 Å². The Bertz CT molecular complexity index is 692. The monoisotopic (exact) mass is 370 g/mol. The summed E-state index contributed by atoms with van der Waals surface area (Å²) >= 11 is 0. The van der Waals surface area contributed by atoms with Gasteiger partial charge in [0.2, 0.25) is 0 Å². The predicted octanol–water partition coefficient (Wildman–Crippen LogP) is 4.25. The average molecular weight is 371 g/mol. The normalized spacial score (nSPS) is 48.0. The molecule has 0 radical (unpaired) electrons. The molecule has 1 N–H and O–H groups in total. The van der Waals surface area contributed by atoms with E-state index in [1.165, 1.54) is 25.7 Å². The van der Waals surface area contributed by atoms with Gasteiger partial charge < -0.3 is 10.2 Å². The molecule has 0 aromatic carbocycles. The second kappa shape index (κ2) is 6.43. The number of carbonyl (C=O) groups is 1. The van der Waals surface area contributed by atoms with Crippen molar-refractivity contribution < 1.29 is 9.63 Å². The number of nitrogens with one attached hydrogen (secondary N) is 1. The van der Waals surface area contributed by atoms with Crippen LogP contribution in [-0.4, -0.2) is 30.7 Å². The quantitative estimate of drug-likeness (QED) is 0.739. The lowest BCUT2D eigenvalue weighted by Crippen LogP contribution is -2.50. The van der Waals surface area contributed by atoms with Crippen molar-refractivity contribution in [3.8, 4) is 0 Å². The van der Waals surface area contributed by atoms with Crippen LogP contribution < -0.4 is 5.32 Å². The second-order valence-corrected chi connectivity index (χ2v) is 10.2. The molecule has 6 atom stereocenters. The molecule has 4 fully saturated rings. The zero-order chi connectivity index (χ0) is 18.6. The summed E-state index contributed by atoms with van der Waals surface area (Å²) in [5, 5.41) is 7.85. The van der Waals surface area contributed by atoms with Crippen LogP contribution >= 0.6 is 0 Å². The number of rotatable bonds is 2. The standard InChI is InChI=1S/C23H34N2O2/c1-22-10-7-16(25-27-17-9-12-24-14-17)13-15(22)3-4-18-19-5-6-21(26)23(19,2)11-8-20(18)22/h13,17-20,24H,3-12,14H2,1-2H3. The van der Waals surface area contributed by atoms with E-state index in [1.54, 1.807) is 5.57 Å². The van der Waals surface area contributed by atoms with Gasteiger partial charge in [0.05, 0.1) is 5.71 Å². The molecule has 5 aliphatic rings. The van der Waals surface area contributed by atoms with Crippen molar-refractivity contribution in [1.82, 2.24) is 5.32 Å². The summed E-state index contributed by atoms with van der Waals surface area (Å²) in [5.74, 6) is 2.68. The molecule has 1 saturated heterocycles. The van der Waals surface area contributed by atoms with Crippen molar-refractivity contribution in [3.05, 3.63) is 11.6 Å². The Morgan fingerprint density at radius 1 is 1.04 bits per heavy atom. The summed E-state index contributed by atoms with van der Waals surface area (Å²) in [4.78, 5) is 18.3. The molecule has 3 saturated carbocycles. The van der Waals surface area contributed by atoms with E-state index in [0.717, 1.165) is 62.7 Å². The van der Waals surface area contributed by atoms with Crippen LogP contribution in [0.15, 0.2) is 16.8 Å². The summed E-state index contributed by atoms with van der Waals surface area (Å²) in [7, 11) is 0. The molecule has 1 heterocycles. The van der Waals surface area contributed by atoms with Gasteiger partial charge in [-0.25, -0.2) is 0 Å².